The highest BCUT2D eigenvalue weighted by Crippen LogP contribution is 2.30. The van der Waals surface area contributed by atoms with E-state index in [1.54, 1.807) is 30.3 Å². The van der Waals surface area contributed by atoms with Crippen molar-refractivity contribution in [1.82, 2.24) is 5.43 Å². The van der Waals surface area contributed by atoms with E-state index in [0.717, 1.165) is 12.1 Å². The maximum absolute atomic E-state index is 12.7. The van der Waals surface area contributed by atoms with Gasteiger partial charge in [0.1, 0.15) is 0 Å². The summed E-state index contributed by atoms with van der Waals surface area (Å²) in [6, 6.07) is 12.5. The molecule has 0 aromatic heterocycles. The van der Waals surface area contributed by atoms with Gasteiger partial charge in [0.05, 0.1) is 12.0 Å². The summed E-state index contributed by atoms with van der Waals surface area (Å²) in [6.07, 6.45) is -4.82. The number of alkyl halides is 3. The third-order valence-corrected chi connectivity index (χ3v) is 3.48. The number of carbonyl (C=O) groups excluding carboxylic acids is 3. The molecule has 0 aliphatic heterocycles. The molecule has 2 aromatic carbocycles. The zero-order valence-electron chi connectivity index (χ0n) is 15.2. The van der Waals surface area contributed by atoms with Crippen molar-refractivity contribution < 1.29 is 27.6 Å². The third kappa shape index (κ3) is 7.09. The first-order valence-electron chi connectivity index (χ1n) is 8.32. The molecule has 29 heavy (non-hydrogen) atoms. The predicted octanol–water partition coefficient (Wildman–Crippen LogP) is 3.16. The number of hydrazone groups is 1. The van der Waals surface area contributed by atoms with Crippen LogP contribution in [0.3, 0.4) is 0 Å². The Kier molecular flexibility index (Phi) is 7.07. The molecule has 0 bridgehead atoms. The van der Waals surface area contributed by atoms with Crippen molar-refractivity contribution in [3.05, 3.63) is 60.2 Å². The predicted molar refractivity (Wildman–Crippen MR) is 101 cm³/mol. The van der Waals surface area contributed by atoms with E-state index < -0.39 is 29.5 Å². The zero-order valence-corrected chi connectivity index (χ0v) is 15.2. The standard InChI is InChI=1S/C19H17F3N4O3/c1-12(25-26-18(29)17(28)24-14-7-3-2-4-8-14)10-16(27)23-15-9-5-6-13(11-15)19(20,21)22/h2-9,11H,10H2,1H3,(H,23,27)(H,24,28)(H,26,29). The molecule has 0 radical (unpaired) electrons. The number of hydrogen-bond acceptors (Lipinski definition) is 4. The second-order valence-corrected chi connectivity index (χ2v) is 5.91. The van der Waals surface area contributed by atoms with Crippen molar-refractivity contribution in [2.24, 2.45) is 5.10 Å². The molecule has 10 heteroatoms. The van der Waals surface area contributed by atoms with E-state index in [1.165, 1.54) is 19.1 Å². The molecule has 2 aromatic rings. The van der Waals surface area contributed by atoms with Gasteiger partial charge in [-0.1, -0.05) is 24.3 Å². The monoisotopic (exact) mass is 406 g/mol. The Morgan fingerprint density at radius 1 is 0.897 bits per heavy atom. The molecule has 3 N–H and O–H groups in total. The van der Waals surface area contributed by atoms with Crippen molar-refractivity contribution in [2.75, 3.05) is 10.6 Å². The van der Waals surface area contributed by atoms with Crippen molar-refractivity contribution in [2.45, 2.75) is 19.5 Å². The molecular weight excluding hydrogens is 389 g/mol. The van der Waals surface area contributed by atoms with Gasteiger partial charge in [-0.25, -0.2) is 5.43 Å². The Morgan fingerprint density at radius 3 is 2.21 bits per heavy atom. The Morgan fingerprint density at radius 2 is 1.55 bits per heavy atom. The highest BCUT2D eigenvalue weighted by Gasteiger charge is 2.30. The number of anilines is 2. The van der Waals surface area contributed by atoms with Crippen LogP contribution in [0.5, 0.6) is 0 Å². The molecule has 152 valence electrons. The van der Waals surface area contributed by atoms with E-state index in [1.807, 2.05) is 5.43 Å². The van der Waals surface area contributed by atoms with Gasteiger partial charge in [-0.2, -0.15) is 18.3 Å². The minimum atomic E-state index is -4.53. The van der Waals surface area contributed by atoms with Crippen LogP contribution >= 0.6 is 0 Å². The summed E-state index contributed by atoms with van der Waals surface area (Å²) in [6.45, 7) is 1.42. The lowest BCUT2D eigenvalue weighted by Crippen LogP contribution is -2.33. The SMILES string of the molecule is CC(CC(=O)Nc1cccc(C(F)(F)F)c1)=NNC(=O)C(=O)Nc1ccccc1. The molecule has 0 aliphatic rings. The topological polar surface area (TPSA) is 99.7 Å². The third-order valence-electron chi connectivity index (χ3n) is 3.48. The summed E-state index contributed by atoms with van der Waals surface area (Å²) < 4.78 is 38.1. The molecule has 3 amide bonds. The summed E-state index contributed by atoms with van der Waals surface area (Å²) in [7, 11) is 0. The van der Waals surface area contributed by atoms with Crippen molar-refractivity contribution in [3.63, 3.8) is 0 Å². The number of halogens is 3. The first kappa shape index (κ1) is 21.6. The van der Waals surface area contributed by atoms with E-state index >= 15 is 0 Å². The van der Waals surface area contributed by atoms with Crippen molar-refractivity contribution in [1.29, 1.82) is 0 Å². The molecule has 0 aliphatic carbocycles. The zero-order chi connectivity index (χ0) is 21.4. The van der Waals surface area contributed by atoms with E-state index in [2.05, 4.69) is 15.7 Å². The normalized spacial score (nSPS) is 11.5. The molecule has 0 unspecified atom stereocenters. The van der Waals surface area contributed by atoms with Crippen molar-refractivity contribution >= 4 is 34.8 Å². The first-order chi connectivity index (χ1) is 13.6. The molecule has 0 heterocycles. The molecule has 2 rings (SSSR count). The van der Waals surface area contributed by atoms with Gasteiger partial charge in [-0.3, -0.25) is 14.4 Å². The molecule has 0 spiro atoms. The maximum atomic E-state index is 12.7. The van der Waals surface area contributed by atoms with Crippen LogP contribution in [0.25, 0.3) is 0 Å². The van der Waals surface area contributed by atoms with Gasteiger partial charge < -0.3 is 10.6 Å². The minimum Gasteiger partial charge on any atom is -0.326 e. The van der Waals surface area contributed by atoms with Gasteiger partial charge in [0, 0.05) is 17.1 Å². The number of hydrogen-bond donors (Lipinski definition) is 3. The lowest BCUT2D eigenvalue weighted by atomic mass is 10.2. The molecule has 0 saturated carbocycles. The van der Waals surface area contributed by atoms with Crippen LogP contribution in [-0.2, 0) is 20.6 Å². The smallest absolute Gasteiger partial charge is 0.326 e. The largest absolute Gasteiger partial charge is 0.416 e. The molecule has 0 fully saturated rings. The van der Waals surface area contributed by atoms with Crippen LogP contribution in [0.1, 0.15) is 18.9 Å². The lowest BCUT2D eigenvalue weighted by Gasteiger charge is -2.10. The molecule has 7 nitrogen and oxygen atoms in total. The number of para-hydroxylation sites is 1. The average Bonchev–Trinajstić information content (AvgIpc) is 2.66. The van der Waals surface area contributed by atoms with Crippen LogP contribution in [0.2, 0.25) is 0 Å². The van der Waals surface area contributed by atoms with Gasteiger partial charge in [-0.15, -0.1) is 0 Å². The summed E-state index contributed by atoms with van der Waals surface area (Å²) >= 11 is 0. The lowest BCUT2D eigenvalue weighted by molar-refractivity contribution is -0.137. The van der Waals surface area contributed by atoms with Crippen molar-refractivity contribution in [3.8, 4) is 0 Å². The van der Waals surface area contributed by atoms with E-state index in [4.69, 9.17) is 0 Å². The van der Waals surface area contributed by atoms with Gasteiger partial charge in [0.15, 0.2) is 0 Å². The van der Waals surface area contributed by atoms with Gasteiger partial charge in [0.2, 0.25) is 5.91 Å². The number of rotatable bonds is 5. The number of nitrogens with zero attached hydrogens (tertiary/aromatic N) is 1. The van der Waals surface area contributed by atoms with Crippen LogP contribution in [0.15, 0.2) is 59.7 Å². The number of amides is 3. The first-order valence-corrected chi connectivity index (χ1v) is 8.32. The Balaban J connectivity index is 1.86. The van der Waals surface area contributed by atoms with E-state index in [9.17, 15) is 27.6 Å². The Bertz CT molecular complexity index is 928. The molecule has 0 saturated heterocycles. The maximum Gasteiger partial charge on any atom is 0.416 e. The summed E-state index contributed by atoms with van der Waals surface area (Å²) in [5, 5.41) is 8.32. The minimum absolute atomic E-state index is 0.0242. The second-order valence-electron chi connectivity index (χ2n) is 5.91. The van der Waals surface area contributed by atoms with Crippen LogP contribution in [0, 0.1) is 0 Å². The fourth-order valence-electron chi connectivity index (χ4n) is 2.16. The van der Waals surface area contributed by atoms with E-state index in [-0.39, 0.29) is 17.8 Å². The van der Waals surface area contributed by atoms with E-state index in [0.29, 0.717) is 5.69 Å². The summed E-state index contributed by atoms with van der Waals surface area (Å²) in [5.74, 6) is -2.61. The van der Waals surface area contributed by atoms with Crippen LogP contribution < -0.4 is 16.1 Å². The van der Waals surface area contributed by atoms with Gasteiger partial charge in [0.25, 0.3) is 0 Å². The quantitative estimate of drug-likeness (QED) is 0.404. The Labute approximate surface area is 164 Å². The second kappa shape index (κ2) is 9.49. The van der Waals surface area contributed by atoms with Crippen LogP contribution in [0.4, 0.5) is 24.5 Å². The van der Waals surface area contributed by atoms with Gasteiger partial charge in [-0.05, 0) is 37.3 Å². The average molecular weight is 406 g/mol. The molecular formula is C19H17F3N4O3. The van der Waals surface area contributed by atoms with Crippen LogP contribution in [-0.4, -0.2) is 23.4 Å². The Hall–Kier alpha value is -3.69. The number of nitrogens with one attached hydrogen (secondary N) is 3. The highest BCUT2D eigenvalue weighted by atomic mass is 19.4. The fourth-order valence-corrected chi connectivity index (χ4v) is 2.16. The summed E-state index contributed by atoms with van der Waals surface area (Å²) in [4.78, 5) is 35.4. The number of carbonyl (C=O) groups is 3. The summed E-state index contributed by atoms with van der Waals surface area (Å²) in [5.41, 5.74) is 1.67. The highest BCUT2D eigenvalue weighted by molar-refractivity contribution is 6.39. The van der Waals surface area contributed by atoms with Gasteiger partial charge >= 0.3 is 18.0 Å². The number of benzene rings is 2. The fraction of sp³-hybridized carbons (Fsp3) is 0.158. The molecule has 0 atom stereocenters.